The number of benzene rings is 1. The minimum atomic E-state index is -0.455. The van der Waals surface area contributed by atoms with Crippen LogP contribution in [0.2, 0.25) is 0 Å². The molecular formula is C24H25N5O4S. The van der Waals surface area contributed by atoms with Crippen molar-refractivity contribution in [2.75, 3.05) is 13.1 Å². The average molecular weight is 480 g/mol. The summed E-state index contributed by atoms with van der Waals surface area (Å²) in [6, 6.07) is 5.74. The van der Waals surface area contributed by atoms with E-state index in [9.17, 15) is 14.4 Å². The number of carbonyl (C=O) groups is 3. The first-order chi connectivity index (χ1) is 16.5. The van der Waals surface area contributed by atoms with Crippen molar-refractivity contribution in [3.8, 4) is 5.75 Å². The molecule has 1 aromatic carbocycles. The minimum absolute atomic E-state index is 0.0173. The maximum atomic E-state index is 12.5. The van der Waals surface area contributed by atoms with Crippen LogP contribution in [-0.2, 0) is 21.4 Å². The van der Waals surface area contributed by atoms with Gasteiger partial charge in [0.15, 0.2) is 0 Å². The van der Waals surface area contributed by atoms with Crippen molar-refractivity contribution in [3.05, 3.63) is 46.6 Å². The van der Waals surface area contributed by atoms with Gasteiger partial charge < -0.3 is 9.64 Å². The smallest absolute Gasteiger partial charge is 0.246 e. The largest absolute Gasteiger partial charge is 0.488 e. The van der Waals surface area contributed by atoms with Crippen molar-refractivity contribution in [2.45, 2.75) is 37.7 Å². The van der Waals surface area contributed by atoms with E-state index >= 15 is 0 Å². The molecule has 0 spiro atoms. The van der Waals surface area contributed by atoms with Crippen LogP contribution in [0.4, 0.5) is 0 Å². The lowest BCUT2D eigenvalue weighted by atomic mass is 9.93. The number of hydrogen-bond acceptors (Lipinski definition) is 7. The van der Waals surface area contributed by atoms with Gasteiger partial charge in [-0.1, -0.05) is 12.1 Å². The molecule has 2 aromatic heterocycles. The normalized spacial score (nSPS) is 19.7. The standard InChI is InChI=1S/C24H25N5O4S/c1-28-23-16(22(27-28)17-5-6-19(30)26-24(17)32)3-2-4-18(23)33-15-9-12-29(13-10-15)21(31)8-7-20-25-11-14-34-20/h2-4,7-8,11,14-15,17H,5-6,9-10,12-13H2,1H3,(H,26,30,32)/b8-7+. The quantitative estimate of drug-likeness (QED) is 0.445. The lowest BCUT2D eigenvalue weighted by molar-refractivity contribution is -0.134. The summed E-state index contributed by atoms with van der Waals surface area (Å²) in [5, 5.41) is 10.6. The van der Waals surface area contributed by atoms with Crippen molar-refractivity contribution in [1.29, 1.82) is 0 Å². The predicted octanol–water partition coefficient (Wildman–Crippen LogP) is 2.63. The van der Waals surface area contributed by atoms with E-state index in [0.717, 1.165) is 28.8 Å². The van der Waals surface area contributed by atoms with Crippen LogP contribution in [-0.4, -0.2) is 56.6 Å². The number of hydrogen-bond donors (Lipinski definition) is 1. The number of nitrogens with zero attached hydrogens (tertiary/aromatic N) is 4. The Hall–Kier alpha value is -3.53. The zero-order valence-electron chi connectivity index (χ0n) is 18.8. The predicted molar refractivity (Wildman–Crippen MR) is 127 cm³/mol. The van der Waals surface area contributed by atoms with Crippen LogP contribution in [0, 0.1) is 0 Å². The number of fused-ring (bicyclic) bond motifs is 1. The van der Waals surface area contributed by atoms with E-state index in [0.29, 0.717) is 37.4 Å². The van der Waals surface area contributed by atoms with Gasteiger partial charge in [0, 0.05) is 62.4 Å². The van der Waals surface area contributed by atoms with Gasteiger partial charge >= 0.3 is 0 Å². The number of thiazole rings is 1. The third-order valence-corrected chi connectivity index (χ3v) is 7.03. The van der Waals surface area contributed by atoms with Gasteiger partial charge in [-0.3, -0.25) is 24.4 Å². The van der Waals surface area contributed by atoms with E-state index < -0.39 is 5.92 Å². The molecule has 1 atom stereocenters. The van der Waals surface area contributed by atoms with E-state index in [1.165, 1.54) is 11.3 Å². The number of likely N-dealkylation sites (tertiary alicyclic amines) is 1. The van der Waals surface area contributed by atoms with Gasteiger partial charge in [-0.2, -0.15) is 5.10 Å². The fourth-order valence-corrected chi connectivity index (χ4v) is 5.10. The summed E-state index contributed by atoms with van der Waals surface area (Å²) in [6.07, 6.45) is 7.23. The maximum absolute atomic E-state index is 12.5. The van der Waals surface area contributed by atoms with Crippen LogP contribution in [0.1, 0.15) is 42.3 Å². The van der Waals surface area contributed by atoms with Crippen LogP contribution in [0.25, 0.3) is 17.0 Å². The first kappa shape index (κ1) is 22.3. The summed E-state index contributed by atoms with van der Waals surface area (Å²) in [6.45, 7) is 1.24. The molecule has 5 rings (SSSR count). The zero-order chi connectivity index (χ0) is 23.7. The summed E-state index contributed by atoms with van der Waals surface area (Å²) in [7, 11) is 1.83. The Balaban J connectivity index is 1.27. The van der Waals surface area contributed by atoms with Gasteiger partial charge in [0.05, 0.1) is 11.6 Å². The first-order valence-corrected chi connectivity index (χ1v) is 12.2. The molecule has 0 bridgehead atoms. The number of para-hydroxylation sites is 1. The molecule has 3 aromatic rings. The molecule has 2 aliphatic heterocycles. The second-order valence-electron chi connectivity index (χ2n) is 8.51. The number of rotatable bonds is 5. The molecule has 10 heteroatoms. The van der Waals surface area contributed by atoms with Crippen molar-refractivity contribution in [1.82, 2.24) is 25.0 Å². The molecular weight excluding hydrogens is 454 g/mol. The summed E-state index contributed by atoms with van der Waals surface area (Å²) in [4.78, 5) is 42.4. The van der Waals surface area contributed by atoms with Crippen molar-refractivity contribution in [3.63, 3.8) is 0 Å². The van der Waals surface area contributed by atoms with E-state index in [4.69, 9.17) is 4.74 Å². The lowest BCUT2D eigenvalue weighted by Gasteiger charge is -2.31. The van der Waals surface area contributed by atoms with Crippen molar-refractivity contribution >= 4 is 46.0 Å². The SMILES string of the molecule is Cn1nc(C2CCC(=O)NC2=O)c2cccc(OC3CCN(C(=O)/C=C/c4nccs4)CC3)c21. The van der Waals surface area contributed by atoms with Crippen molar-refractivity contribution in [2.24, 2.45) is 7.05 Å². The van der Waals surface area contributed by atoms with Crippen LogP contribution < -0.4 is 10.1 Å². The molecule has 4 heterocycles. The first-order valence-electron chi connectivity index (χ1n) is 11.3. The summed E-state index contributed by atoms with van der Waals surface area (Å²) < 4.78 is 8.10. The number of ether oxygens (including phenoxy) is 1. The molecule has 2 saturated heterocycles. The Labute approximate surface area is 200 Å². The molecule has 34 heavy (non-hydrogen) atoms. The second-order valence-corrected chi connectivity index (χ2v) is 9.44. The number of amides is 3. The van der Waals surface area contributed by atoms with Gasteiger partial charge in [-0.05, 0) is 18.6 Å². The Morgan fingerprint density at radius 1 is 1.24 bits per heavy atom. The highest BCUT2D eigenvalue weighted by atomic mass is 32.1. The number of imide groups is 1. The highest BCUT2D eigenvalue weighted by Crippen LogP contribution is 2.35. The van der Waals surface area contributed by atoms with Gasteiger partial charge in [0.2, 0.25) is 17.7 Å². The molecule has 2 fully saturated rings. The van der Waals surface area contributed by atoms with E-state index in [-0.39, 0.29) is 23.8 Å². The van der Waals surface area contributed by atoms with E-state index in [1.807, 2.05) is 35.5 Å². The third kappa shape index (κ3) is 4.45. The fourth-order valence-electron chi connectivity index (χ4n) is 4.57. The van der Waals surface area contributed by atoms with Crippen LogP contribution >= 0.6 is 11.3 Å². The van der Waals surface area contributed by atoms with Gasteiger partial charge in [-0.25, -0.2) is 4.98 Å². The number of piperidine rings is 2. The number of aromatic nitrogens is 3. The monoisotopic (exact) mass is 479 g/mol. The highest BCUT2D eigenvalue weighted by Gasteiger charge is 2.32. The topological polar surface area (TPSA) is 106 Å². The second kappa shape index (κ2) is 9.38. The maximum Gasteiger partial charge on any atom is 0.246 e. The highest BCUT2D eigenvalue weighted by molar-refractivity contribution is 7.10. The Morgan fingerprint density at radius 3 is 2.79 bits per heavy atom. The molecule has 0 saturated carbocycles. The summed E-state index contributed by atoms with van der Waals surface area (Å²) in [5.74, 6) is -0.309. The number of carbonyl (C=O) groups excluding carboxylic acids is 3. The third-order valence-electron chi connectivity index (χ3n) is 6.29. The zero-order valence-corrected chi connectivity index (χ0v) is 19.6. The molecule has 1 unspecified atom stereocenters. The summed E-state index contributed by atoms with van der Waals surface area (Å²) >= 11 is 1.49. The van der Waals surface area contributed by atoms with Crippen LogP contribution in [0.3, 0.4) is 0 Å². The van der Waals surface area contributed by atoms with Gasteiger partial charge in [0.25, 0.3) is 0 Å². The molecule has 1 N–H and O–H groups in total. The number of aryl methyl sites for hydroxylation is 1. The average Bonchev–Trinajstić information content (AvgIpc) is 3.47. The lowest BCUT2D eigenvalue weighted by Crippen LogP contribution is -2.41. The summed E-state index contributed by atoms with van der Waals surface area (Å²) in [5.41, 5.74) is 1.49. The molecule has 9 nitrogen and oxygen atoms in total. The van der Waals surface area contributed by atoms with Gasteiger partial charge in [0.1, 0.15) is 22.4 Å². The Bertz CT molecular complexity index is 1260. The van der Waals surface area contributed by atoms with E-state index in [1.54, 1.807) is 23.0 Å². The van der Waals surface area contributed by atoms with Crippen LogP contribution in [0.5, 0.6) is 5.75 Å². The number of nitrogens with one attached hydrogen (secondary N) is 1. The van der Waals surface area contributed by atoms with E-state index in [2.05, 4.69) is 15.4 Å². The van der Waals surface area contributed by atoms with Crippen molar-refractivity contribution < 1.29 is 19.1 Å². The molecule has 0 aliphatic carbocycles. The van der Waals surface area contributed by atoms with Gasteiger partial charge in [-0.15, -0.1) is 11.3 Å². The fraction of sp³-hybridized carbons (Fsp3) is 0.375. The molecule has 3 amide bonds. The molecule has 0 radical (unpaired) electrons. The Morgan fingerprint density at radius 2 is 2.06 bits per heavy atom. The van der Waals surface area contributed by atoms with Crippen LogP contribution in [0.15, 0.2) is 35.9 Å². The molecule has 2 aliphatic rings. The Kier molecular flexibility index (Phi) is 6.14. The minimum Gasteiger partial charge on any atom is -0.488 e. The molecule has 176 valence electrons.